The van der Waals surface area contributed by atoms with E-state index in [1.807, 2.05) is 0 Å². The third-order valence-corrected chi connectivity index (χ3v) is 7.25. The Kier molecular flexibility index (Phi) is 5.26. The monoisotopic (exact) mass is 422 g/mol. The molecule has 0 spiro atoms. The van der Waals surface area contributed by atoms with Gasteiger partial charge in [0.05, 0.1) is 6.20 Å². The lowest BCUT2D eigenvalue weighted by Crippen LogP contribution is -2.38. The van der Waals surface area contributed by atoms with Gasteiger partial charge in [-0.1, -0.05) is 11.6 Å². The molecule has 1 fully saturated rings. The Hall–Kier alpha value is -1.65. The maximum Gasteiger partial charge on any atom is 0.433 e. The molecule has 0 saturated carbocycles. The molecule has 0 bridgehead atoms. The first-order valence-electron chi connectivity index (χ1n) is 8.23. The number of hydrogen-bond acceptors (Lipinski definition) is 4. The van der Waals surface area contributed by atoms with Crippen LogP contribution in [-0.2, 0) is 23.2 Å². The Balaban J connectivity index is 1.75. The molecular weight excluding hydrogens is 405 g/mol. The van der Waals surface area contributed by atoms with Crippen molar-refractivity contribution in [1.29, 1.82) is 0 Å². The van der Waals surface area contributed by atoms with Gasteiger partial charge in [-0.05, 0) is 42.9 Å². The molecule has 2 aromatic rings. The van der Waals surface area contributed by atoms with E-state index in [9.17, 15) is 21.6 Å². The van der Waals surface area contributed by atoms with Gasteiger partial charge in [-0.25, -0.2) is 8.42 Å². The van der Waals surface area contributed by atoms with E-state index in [4.69, 9.17) is 11.6 Å². The van der Waals surface area contributed by atoms with Gasteiger partial charge in [-0.15, -0.1) is 0 Å². The topological polar surface area (TPSA) is 68.1 Å². The molecule has 0 aliphatic carbocycles. The Bertz CT molecular complexity index is 951. The predicted octanol–water partition coefficient (Wildman–Crippen LogP) is 3.36. The molecule has 3 heterocycles. The molecule has 1 saturated heterocycles. The summed E-state index contributed by atoms with van der Waals surface area (Å²) in [7, 11) is -2.21. The van der Waals surface area contributed by atoms with E-state index in [-0.39, 0.29) is 29.1 Å². The van der Waals surface area contributed by atoms with Gasteiger partial charge in [0.15, 0.2) is 0 Å². The maximum atomic E-state index is 12.8. The van der Waals surface area contributed by atoms with E-state index in [0.29, 0.717) is 18.4 Å². The van der Waals surface area contributed by atoms with Gasteiger partial charge in [0.25, 0.3) is 0 Å². The first kappa shape index (κ1) is 20.1. The summed E-state index contributed by atoms with van der Waals surface area (Å²) < 4.78 is 66.4. The lowest BCUT2D eigenvalue weighted by atomic mass is 9.88. The minimum absolute atomic E-state index is 0.0416. The second-order valence-electron chi connectivity index (χ2n) is 6.53. The third-order valence-electron chi connectivity index (χ3n) is 4.79. The van der Waals surface area contributed by atoms with Crippen molar-refractivity contribution in [1.82, 2.24) is 19.1 Å². The smallest absolute Gasteiger partial charge is 0.256 e. The first-order valence-corrected chi connectivity index (χ1v) is 10.0. The van der Waals surface area contributed by atoms with Crippen molar-refractivity contribution in [2.24, 2.45) is 7.05 Å². The van der Waals surface area contributed by atoms with E-state index < -0.39 is 21.9 Å². The summed E-state index contributed by atoms with van der Waals surface area (Å²) in [4.78, 5) is 3.49. The fourth-order valence-corrected chi connectivity index (χ4v) is 5.15. The summed E-state index contributed by atoms with van der Waals surface area (Å²) in [5.41, 5.74) is 0.309. The number of piperidine rings is 1. The highest BCUT2D eigenvalue weighted by Gasteiger charge is 2.35. The summed E-state index contributed by atoms with van der Waals surface area (Å²) >= 11 is 6.00. The van der Waals surface area contributed by atoms with Crippen LogP contribution in [0.2, 0.25) is 5.15 Å². The van der Waals surface area contributed by atoms with Crippen LogP contribution in [0.4, 0.5) is 13.2 Å². The van der Waals surface area contributed by atoms with Gasteiger partial charge in [-0.2, -0.15) is 22.6 Å². The Morgan fingerprint density at radius 1 is 1.22 bits per heavy atom. The van der Waals surface area contributed by atoms with Crippen molar-refractivity contribution in [3.8, 4) is 0 Å². The van der Waals surface area contributed by atoms with Crippen LogP contribution in [0.5, 0.6) is 0 Å². The molecule has 1 aliphatic heterocycles. The molecule has 11 heteroatoms. The standard InChI is InChI=1S/C16H18ClF3N4O2S/c1-10-7-14(16(18,19)20)21-8-12(10)11-3-5-24(6-4-11)27(25,26)13-9-22-23(2)15(13)17/h7-9,11H,3-6H2,1-2H3. The van der Waals surface area contributed by atoms with Crippen molar-refractivity contribution in [3.63, 3.8) is 0 Å². The fraction of sp³-hybridized carbons (Fsp3) is 0.500. The molecule has 0 atom stereocenters. The molecule has 2 aromatic heterocycles. The van der Waals surface area contributed by atoms with Crippen LogP contribution in [0.3, 0.4) is 0 Å². The third kappa shape index (κ3) is 3.83. The largest absolute Gasteiger partial charge is 0.433 e. The first-order chi connectivity index (χ1) is 12.5. The molecule has 0 radical (unpaired) electrons. The number of nitrogens with zero attached hydrogens (tertiary/aromatic N) is 4. The van der Waals surface area contributed by atoms with Crippen molar-refractivity contribution in [2.75, 3.05) is 13.1 Å². The highest BCUT2D eigenvalue weighted by atomic mass is 35.5. The second kappa shape index (κ2) is 7.06. The lowest BCUT2D eigenvalue weighted by Gasteiger charge is -2.31. The Morgan fingerprint density at radius 2 is 1.85 bits per heavy atom. The highest BCUT2D eigenvalue weighted by Crippen LogP contribution is 2.35. The molecule has 27 heavy (non-hydrogen) atoms. The zero-order chi connectivity index (χ0) is 20.0. The average molecular weight is 423 g/mol. The van der Waals surface area contributed by atoms with Gasteiger partial charge in [0.2, 0.25) is 10.0 Å². The summed E-state index contributed by atoms with van der Waals surface area (Å²) in [5.74, 6) is -0.0457. The van der Waals surface area contributed by atoms with E-state index >= 15 is 0 Å². The summed E-state index contributed by atoms with van der Waals surface area (Å²) in [6.45, 7) is 2.11. The Labute approximate surface area is 160 Å². The molecule has 0 N–H and O–H groups in total. The van der Waals surface area contributed by atoms with E-state index in [2.05, 4.69) is 10.1 Å². The SMILES string of the molecule is Cc1cc(C(F)(F)F)ncc1C1CCN(S(=O)(=O)c2cnn(C)c2Cl)CC1. The lowest BCUT2D eigenvalue weighted by molar-refractivity contribution is -0.141. The molecule has 0 unspecified atom stereocenters. The molecule has 148 valence electrons. The molecule has 1 aliphatic rings. The second-order valence-corrected chi connectivity index (χ2v) is 8.79. The van der Waals surface area contributed by atoms with Gasteiger partial charge in [-0.3, -0.25) is 9.67 Å². The van der Waals surface area contributed by atoms with Crippen LogP contribution in [0.1, 0.15) is 35.6 Å². The van der Waals surface area contributed by atoms with Gasteiger partial charge in [0, 0.05) is 26.3 Å². The Morgan fingerprint density at radius 3 is 2.33 bits per heavy atom. The minimum atomic E-state index is -4.48. The molecule has 3 rings (SSSR count). The minimum Gasteiger partial charge on any atom is -0.256 e. The van der Waals surface area contributed by atoms with E-state index in [1.165, 1.54) is 21.4 Å². The van der Waals surface area contributed by atoms with Crippen LogP contribution in [-0.4, -0.2) is 40.6 Å². The zero-order valence-electron chi connectivity index (χ0n) is 14.7. The van der Waals surface area contributed by atoms with E-state index in [0.717, 1.165) is 11.6 Å². The normalized spacial score (nSPS) is 17.4. The number of aromatic nitrogens is 3. The van der Waals surface area contributed by atoms with Crippen molar-refractivity contribution in [2.45, 2.75) is 36.8 Å². The molecule has 6 nitrogen and oxygen atoms in total. The highest BCUT2D eigenvalue weighted by molar-refractivity contribution is 7.89. The van der Waals surface area contributed by atoms with Gasteiger partial charge < -0.3 is 0 Å². The van der Waals surface area contributed by atoms with Gasteiger partial charge in [0.1, 0.15) is 15.7 Å². The number of pyridine rings is 1. The molecular formula is C16H18ClF3N4O2S. The quantitative estimate of drug-likeness (QED) is 0.760. The number of rotatable bonds is 3. The van der Waals surface area contributed by atoms with Gasteiger partial charge >= 0.3 is 6.18 Å². The van der Waals surface area contributed by atoms with Crippen LogP contribution in [0.25, 0.3) is 0 Å². The summed E-state index contributed by atoms with van der Waals surface area (Å²) in [6, 6.07) is 1.04. The summed E-state index contributed by atoms with van der Waals surface area (Å²) in [6.07, 6.45) is -1.03. The number of aryl methyl sites for hydroxylation is 2. The van der Waals surface area contributed by atoms with Crippen LogP contribution in [0.15, 0.2) is 23.4 Å². The maximum absolute atomic E-state index is 12.8. The predicted molar refractivity (Wildman–Crippen MR) is 92.9 cm³/mol. The van der Waals surface area contributed by atoms with Crippen LogP contribution >= 0.6 is 11.6 Å². The average Bonchev–Trinajstić information content (AvgIpc) is 2.94. The number of sulfonamides is 1. The summed E-state index contributed by atoms with van der Waals surface area (Å²) in [5, 5.41) is 3.90. The van der Waals surface area contributed by atoms with Crippen molar-refractivity contribution >= 4 is 21.6 Å². The van der Waals surface area contributed by atoms with Crippen molar-refractivity contribution < 1.29 is 21.6 Å². The molecule has 0 amide bonds. The fourth-order valence-electron chi connectivity index (χ4n) is 3.27. The van der Waals surface area contributed by atoms with Crippen LogP contribution in [0, 0.1) is 6.92 Å². The van der Waals surface area contributed by atoms with Crippen LogP contribution < -0.4 is 0 Å². The zero-order valence-corrected chi connectivity index (χ0v) is 16.2. The van der Waals surface area contributed by atoms with Crippen molar-refractivity contribution in [3.05, 3.63) is 40.4 Å². The van der Waals surface area contributed by atoms with E-state index in [1.54, 1.807) is 14.0 Å². The number of halogens is 4. The number of hydrogen-bond donors (Lipinski definition) is 0. The number of alkyl halides is 3. The molecule has 0 aromatic carbocycles.